The molecule has 0 rings (SSSR count). The molecule has 0 saturated heterocycles. The van der Waals surface area contributed by atoms with Crippen molar-refractivity contribution in [2.45, 2.75) is 11.8 Å². The van der Waals surface area contributed by atoms with Crippen molar-refractivity contribution in [2.75, 3.05) is 0 Å². The van der Waals surface area contributed by atoms with Crippen LogP contribution in [0.3, 0.4) is 0 Å². The van der Waals surface area contributed by atoms with Crippen molar-refractivity contribution in [1.29, 1.82) is 0 Å². The van der Waals surface area contributed by atoms with Crippen LogP contribution in [-0.4, -0.2) is 11.8 Å². The van der Waals surface area contributed by atoms with E-state index in [-0.39, 0.29) is 0 Å². The maximum atomic E-state index is 11.4. The molecule has 0 unspecified atom stereocenters. The fraction of sp³-hybridized carbons (Fsp3) is 1.00. The summed E-state index contributed by atoms with van der Waals surface area (Å²) in [5, 5.41) is 0. The second kappa shape index (κ2) is 2.18. The zero-order chi connectivity index (χ0) is 10.4. The summed E-state index contributed by atoms with van der Waals surface area (Å²) in [6, 6.07) is 0. The van der Waals surface area contributed by atoms with Gasteiger partial charge in [0.05, 0.1) is 0 Å². The summed E-state index contributed by atoms with van der Waals surface area (Å²) in [7, 11) is -10.3. The van der Waals surface area contributed by atoms with Crippen LogP contribution in [0.2, 0.25) is 0 Å². The molecule has 0 aromatic rings. The molecule has 0 radical (unpaired) electrons. The van der Waals surface area contributed by atoms with Gasteiger partial charge in [-0.2, -0.15) is 0 Å². The molecule has 0 bridgehead atoms. The molecule has 0 nitrogen and oxygen atoms in total. The summed E-state index contributed by atoms with van der Waals surface area (Å²) in [6.07, 6.45) is 0. The Morgan fingerprint density at radius 3 is 0.750 bits per heavy atom. The molecule has 0 aliphatic rings. The quantitative estimate of drug-likeness (QED) is 0.433. The molecule has 10 heteroatoms. The van der Waals surface area contributed by atoms with Gasteiger partial charge in [0.2, 0.25) is 0 Å². The normalized spacial score (nSPS) is 18.6. The average Bonchev–Trinajstić information content (AvgIpc) is 1.55. The maximum absolute atomic E-state index is 11.4. The first-order valence-electron chi connectivity index (χ1n) is 2.20. The van der Waals surface area contributed by atoms with Gasteiger partial charge in [-0.3, -0.25) is 0 Å². The Morgan fingerprint density at radius 1 is 0.583 bits per heavy atom. The van der Waals surface area contributed by atoms with Gasteiger partial charge in [0.1, 0.15) is 0 Å². The van der Waals surface area contributed by atoms with Gasteiger partial charge in [0, 0.05) is 0 Å². The van der Waals surface area contributed by atoms with Crippen molar-refractivity contribution in [3.63, 3.8) is 0 Å². The minimum atomic E-state index is -10.3. The molecule has 0 atom stereocenters. The number of hydrogen-bond acceptors (Lipinski definition) is 0. The van der Waals surface area contributed by atoms with E-state index >= 15 is 0 Å². The number of alkyl halides is 6. The molecule has 78 valence electrons. The van der Waals surface area contributed by atoms with Gasteiger partial charge in [0.15, 0.2) is 0 Å². The molecule has 0 N–H and O–H groups in total. The van der Waals surface area contributed by atoms with Gasteiger partial charge in [-0.05, 0) is 0 Å². The first-order chi connectivity index (χ1) is 4.79. The van der Waals surface area contributed by atoms with E-state index in [0.717, 1.165) is 0 Å². The van der Waals surface area contributed by atoms with E-state index in [2.05, 4.69) is 0 Å². The molecule has 0 heterocycles. The van der Waals surface area contributed by atoms with Crippen LogP contribution in [0.5, 0.6) is 0 Å². The van der Waals surface area contributed by atoms with Gasteiger partial charge < -0.3 is 0 Å². The molecule has 0 aliphatic heterocycles. The van der Waals surface area contributed by atoms with E-state index in [1.807, 2.05) is 0 Å². The summed E-state index contributed by atoms with van der Waals surface area (Å²) in [5.41, 5.74) is 0. The minimum absolute atomic E-state index is 7.15. The molecule has 0 aromatic carbocycles. The van der Waals surface area contributed by atoms with Gasteiger partial charge in [0.25, 0.3) is 0 Å². The standard InChI is InChI=1S/C2HF9P/c3-1(4,5)12(9,10,11)2(6,7)8/h12H/q-1. The third-order valence-electron chi connectivity index (χ3n) is 0.926. The summed E-state index contributed by atoms with van der Waals surface area (Å²) in [4.78, 5) is 0. The molecule has 0 amide bonds. The van der Waals surface area contributed by atoms with Crippen molar-refractivity contribution in [2.24, 2.45) is 0 Å². The summed E-state index contributed by atoms with van der Waals surface area (Å²) in [6.45, 7) is 0. The predicted molar refractivity (Wildman–Crippen MR) is 23.7 cm³/mol. The number of rotatable bonds is 0. The topological polar surface area (TPSA) is 0 Å². The van der Waals surface area contributed by atoms with Crippen LogP contribution in [0.1, 0.15) is 0 Å². The Morgan fingerprint density at radius 2 is 0.750 bits per heavy atom. The van der Waals surface area contributed by atoms with E-state index in [1.54, 1.807) is 0 Å². The van der Waals surface area contributed by atoms with E-state index in [9.17, 15) is 38.9 Å². The van der Waals surface area contributed by atoms with Crippen molar-refractivity contribution in [1.82, 2.24) is 0 Å². The van der Waals surface area contributed by atoms with E-state index in [1.165, 1.54) is 0 Å². The second-order valence-corrected chi connectivity index (χ2v) is 4.85. The summed E-state index contributed by atoms with van der Waals surface area (Å²) >= 11 is 0. The van der Waals surface area contributed by atoms with E-state index in [0.29, 0.717) is 0 Å². The zero-order valence-electron chi connectivity index (χ0n) is 4.90. The third kappa shape index (κ3) is 1.34. The Kier molecular flexibility index (Phi) is 2.15. The van der Waals surface area contributed by atoms with Crippen LogP contribution in [0.4, 0.5) is 38.9 Å². The number of hydrogen-bond donors (Lipinski definition) is 0. The van der Waals surface area contributed by atoms with Crippen LogP contribution >= 0.6 is 7.54 Å². The predicted octanol–water partition coefficient (Wildman–Crippen LogP) is 3.97. The van der Waals surface area contributed by atoms with Crippen molar-refractivity contribution in [3.8, 4) is 0 Å². The van der Waals surface area contributed by atoms with Crippen LogP contribution in [-0.2, 0) is 0 Å². The van der Waals surface area contributed by atoms with E-state index in [4.69, 9.17) is 0 Å². The van der Waals surface area contributed by atoms with Crippen LogP contribution in [0.25, 0.3) is 0 Å². The monoisotopic (exact) mass is 227 g/mol. The SMILES string of the molecule is FC(F)(F)[PH-](F)(F)(F)C(F)(F)F. The van der Waals surface area contributed by atoms with Crippen molar-refractivity contribution >= 4 is 7.54 Å². The summed E-state index contributed by atoms with van der Waals surface area (Å²) in [5.74, 6) is -14.3. The molecule has 0 fully saturated rings. The molecule has 0 saturated carbocycles. The molecule has 0 aliphatic carbocycles. The average molecular weight is 227 g/mol. The fourth-order valence-corrected chi connectivity index (χ4v) is 0.482. The van der Waals surface area contributed by atoms with Crippen LogP contribution in [0.15, 0.2) is 0 Å². The summed E-state index contributed by atoms with van der Waals surface area (Å²) < 4.78 is 99.7. The van der Waals surface area contributed by atoms with Crippen molar-refractivity contribution in [3.05, 3.63) is 0 Å². The Bertz CT molecular complexity index is 157. The van der Waals surface area contributed by atoms with Gasteiger partial charge >= 0.3 is 58.3 Å². The molecular formula is C2HF9P-. The molecule has 0 aromatic heterocycles. The molecule has 0 spiro atoms. The zero-order valence-corrected chi connectivity index (χ0v) is 5.90. The first kappa shape index (κ1) is 11.8. The Labute approximate surface area is 59.6 Å². The van der Waals surface area contributed by atoms with Gasteiger partial charge in [-0.1, -0.05) is 0 Å². The fourth-order valence-electron chi connectivity index (χ4n) is 0.161. The molecular weight excluding hydrogens is 226 g/mol. The number of halogens is 9. The second-order valence-electron chi connectivity index (χ2n) is 1.90. The van der Waals surface area contributed by atoms with Crippen LogP contribution < -0.4 is 0 Å². The molecule has 12 heavy (non-hydrogen) atoms. The van der Waals surface area contributed by atoms with Crippen molar-refractivity contribution < 1.29 is 38.9 Å². The van der Waals surface area contributed by atoms with Crippen LogP contribution in [0, 0.1) is 0 Å². The third-order valence-corrected chi connectivity index (χ3v) is 2.78. The van der Waals surface area contributed by atoms with E-state index < -0.39 is 19.4 Å². The Hall–Kier alpha value is -0.200. The Balaban J connectivity index is 5.29. The van der Waals surface area contributed by atoms with Gasteiger partial charge in [-0.25, -0.2) is 0 Å². The first-order valence-corrected chi connectivity index (χ1v) is 4.33. The van der Waals surface area contributed by atoms with Gasteiger partial charge in [-0.15, -0.1) is 0 Å².